The van der Waals surface area contributed by atoms with Crippen molar-refractivity contribution in [2.45, 2.75) is 32.6 Å². The van der Waals surface area contributed by atoms with Crippen LogP contribution in [0.25, 0.3) is 0 Å². The first-order valence-corrected chi connectivity index (χ1v) is 5.68. The van der Waals surface area contributed by atoms with Crippen molar-refractivity contribution in [1.29, 1.82) is 0 Å². The molecule has 0 aliphatic rings. The standard InChI is InChI=1S/C11H17N3O3/c1-2-3-4-5-6-17-11-8-9(14(15)16)7-10(12)13-11/h7-8H,2-6H2,1H3,(H2,12,13). The lowest BCUT2D eigenvalue weighted by molar-refractivity contribution is -0.384. The van der Waals surface area contributed by atoms with Crippen LogP contribution in [-0.4, -0.2) is 16.5 Å². The van der Waals surface area contributed by atoms with Gasteiger partial charge in [0.15, 0.2) is 0 Å². The van der Waals surface area contributed by atoms with Crippen molar-refractivity contribution in [1.82, 2.24) is 4.98 Å². The van der Waals surface area contributed by atoms with E-state index in [9.17, 15) is 10.1 Å². The summed E-state index contributed by atoms with van der Waals surface area (Å²) in [6.45, 7) is 2.64. The quantitative estimate of drug-likeness (QED) is 0.448. The van der Waals surface area contributed by atoms with Gasteiger partial charge in [0.05, 0.1) is 23.7 Å². The van der Waals surface area contributed by atoms with E-state index in [1.54, 1.807) is 0 Å². The van der Waals surface area contributed by atoms with Crippen molar-refractivity contribution in [2.24, 2.45) is 0 Å². The maximum Gasteiger partial charge on any atom is 0.278 e. The smallest absolute Gasteiger partial charge is 0.278 e. The Labute approximate surface area is 99.9 Å². The highest BCUT2D eigenvalue weighted by molar-refractivity contribution is 5.45. The van der Waals surface area contributed by atoms with E-state index in [2.05, 4.69) is 11.9 Å². The summed E-state index contributed by atoms with van der Waals surface area (Å²) in [7, 11) is 0. The fraction of sp³-hybridized carbons (Fsp3) is 0.545. The number of nitro groups is 1. The van der Waals surface area contributed by atoms with Crippen molar-refractivity contribution in [3.8, 4) is 5.88 Å². The van der Waals surface area contributed by atoms with E-state index in [1.807, 2.05) is 0 Å². The summed E-state index contributed by atoms with van der Waals surface area (Å²) in [4.78, 5) is 14.0. The molecule has 0 radical (unpaired) electrons. The highest BCUT2D eigenvalue weighted by atomic mass is 16.6. The Morgan fingerprint density at radius 3 is 2.82 bits per heavy atom. The van der Waals surface area contributed by atoms with Gasteiger partial charge in [-0.3, -0.25) is 10.1 Å². The lowest BCUT2D eigenvalue weighted by atomic mass is 10.2. The van der Waals surface area contributed by atoms with Crippen LogP contribution in [0.2, 0.25) is 0 Å². The van der Waals surface area contributed by atoms with Crippen LogP contribution in [-0.2, 0) is 0 Å². The topological polar surface area (TPSA) is 91.3 Å². The summed E-state index contributed by atoms with van der Waals surface area (Å²) in [6.07, 6.45) is 4.31. The lowest BCUT2D eigenvalue weighted by Gasteiger charge is -2.05. The number of unbranched alkanes of at least 4 members (excludes halogenated alkanes) is 3. The number of anilines is 1. The van der Waals surface area contributed by atoms with E-state index in [4.69, 9.17) is 10.5 Å². The molecule has 0 unspecified atom stereocenters. The molecule has 17 heavy (non-hydrogen) atoms. The maximum absolute atomic E-state index is 10.6. The predicted octanol–water partition coefficient (Wildman–Crippen LogP) is 2.53. The summed E-state index contributed by atoms with van der Waals surface area (Å²) in [5.74, 6) is 0.316. The van der Waals surface area contributed by atoms with E-state index >= 15 is 0 Å². The van der Waals surface area contributed by atoms with Crippen LogP contribution >= 0.6 is 0 Å². The normalized spacial score (nSPS) is 10.2. The minimum Gasteiger partial charge on any atom is -0.477 e. The highest BCUT2D eigenvalue weighted by Crippen LogP contribution is 2.20. The largest absolute Gasteiger partial charge is 0.477 e. The number of aromatic nitrogens is 1. The van der Waals surface area contributed by atoms with Crippen LogP contribution in [0.4, 0.5) is 11.5 Å². The first-order valence-electron chi connectivity index (χ1n) is 5.68. The van der Waals surface area contributed by atoms with Crippen LogP contribution < -0.4 is 10.5 Å². The Balaban J connectivity index is 2.50. The van der Waals surface area contributed by atoms with Crippen LogP contribution in [0.5, 0.6) is 5.88 Å². The van der Waals surface area contributed by atoms with Crippen molar-refractivity contribution in [3.63, 3.8) is 0 Å². The zero-order valence-corrected chi connectivity index (χ0v) is 9.89. The number of nitrogens with two attached hydrogens (primary N) is 1. The van der Waals surface area contributed by atoms with E-state index in [0.29, 0.717) is 6.61 Å². The van der Waals surface area contributed by atoms with Gasteiger partial charge in [0.2, 0.25) is 5.88 Å². The molecular formula is C11H17N3O3. The number of nitrogen functional groups attached to an aromatic ring is 1. The molecule has 6 nitrogen and oxygen atoms in total. The molecule has 0 saturated carbocycles. The molecule has 0 aliphatic carbocycles. The predicted molar refractivity (Wildman–Crippen MR) is 64.9 cm³/mol. The Bertz CT molecular complexity index is 382. The van der Waals surface area contributed by atoms with Crippen molar-refractivity contribution >= 4 is 11.5 Å². The monoisotopic (exact) mass is 239 g/mol. The van der Waals surface area contributed by atoms with Crippen molar-refractivity contribution in [3.05, 3.63) is 22.2 Å². The van der Waals surface area contributed by atoms with E-state index in [0.717, 1.165) is 25.7 Å². The molecular weight excluding hydrogens is 222 g/mol. The van der Waals surface area contributed by atoms with Gasteiger partial charge in [-0.15, -0.1) is 0 Å². The summed E-state index contributed by atoms with van der Waals surface area (Å²) in [6, 6.07) is 2.50. The van der Waals surface area contributed by atoms with Crippen LogP contribution in [0, 0.1) is 10.1 Å². The third kappa shape index (κ3) is 4.67. The molecule has 2 N–H and O–H groups in total. The summed E-state index contributed by atoms with van der Waals surface area (Å²) in [5.41, 5.74) is 5.36. The number of nitrogens with zero attached hydrogens (tertiary/aromatic N) is 2. The number of hydrogen-bond donors (Lipinski definition) is 1. The first kappa shape index (κ1) is 13.2. The van der Waals surface area contributed by atoms with E-state index < -0.39 is 4.92 Å². The Kier molecular flexibility index (Phi) is 5.19. The Morgan fingerprint density at radius 2 is 2.18 bits per heavy atom. The summed E-state index contributed by atoms with van der Waals surface area (Å²) < 4.78 is 5.33. The average Bonchev–Trinajstić information content (AvgIpc) is 2.28. The molecule has 6 heteroatoms. The van der Waals surface area contributed by atoms with Crippen LogP contribution in [0.1, 0.15) is 32.6 Å². The van der Waals surface area contributed by atoms with Crippen molar-refractivity contribution in [2.75, 3.05) is 12.3 Å². The molecule has 0 saturated heterocycles. The molecule has 94 valence electrons. The maximum atomic E-state index is 10.6. The third-order valence-electron chi connectivity index (χ3n) is 2.27. The minimum absolute atomic E-state index is 0.0962. The number of ether oxygens (including phenoxy) is 1. The Hall–Kier alpha value is -1.85. The molecule has 1 aromatic heterocycles. The molecule has 0 bridgehead atoms. The lowest BCUT2D eigenvalue weighted by Crippen LogP contribution is -2.02. The molecule has 1 aromatic rings. The molecule has 1 rings (SSSR count). The van der Waals surface area contributed by atoms with Crippen molar-refractivity contribution < 1.29 is 9.66 Å². The molecule has 0 amide bonds. The molecule has 0 fully saturated rings. The van der Waals surface area contributed by atoms with Gasteiger partial charge in [0, 0.05) is 0 Å². The fourth-order valence-electron chi connectivity index (χ4n) is 1.40. The van der Waals surface area contributed by atoms with Gasteiger partial charge in [-0.1, -0.05) is 26.2 Å². The second kappa shape index (κ2) is 6.67. The second-order valence-corrected chi connectivity index (χ2v) is 3.75. The number of pyridine rings is 1. The van der Waals surface area contributed by atoms with Gasteiger partial charge in [0.1, 0.15) is 5.82 Å². The average molecular weight is 239 g/mol. The molecule has 1 heterocycles. The molecule has 0 aromatic carbocycles. The van der Waals surface area contributed by atoms with E-state index in [1.165, 1.54) is 12.1 Å². The SMILES string of the molecule is CCCCCCOc1cc([N+](=O)[O-])cc(N)n1. The fourth-order valence-corrected chi connectivity index (χ4v) is 1.40. The van der Waals surface area contributed by atoms with Gasteiger partial charge in [-0.05, 0) is 6.42 Å². The summed E-state index contributed by atoms with van der Waals surface area (Å²) >= 11 is 0. The number of hydrogen-bond acceptors (Lipinski definition) is 5. The van der Waals surface area contributed by atoms with Gasteiger partial charge in [0.25, 0.3) is 5.69 Å². The molecule has 0 atom stereocenters. The van der Waals surface area contributed by atoms with Gasteiger partial charge in [-0.25, -0.2) is 0 Å². The zero-order chi connectivity index (χ0) is 12.7. The highest BCUT2D eigenvalue weighted by Gasteiger charge is 2.10. The first-order chi connectivity index (χ1) is 8.13. The molecule has 0 spiro atoms. The molecule has 0 aliphatic heterocycles. The van der Waals surface area contributed by atoms with Gasteiger partial charge < -0.3 is 10.5 Å². The summed E-state index contributed by atoms with van der Waals surface area (Å²) in [5, 5.41) is 10.6. The van der Waals surface area contributed by atoms with E-state index in [-0.39, 0.29) is 17.4 Å². The van der Waals surface area contributed by atoms with Crippen LogP contribution in [0.3, 0.4) is 0 Å². The Morgan fingerprint density at radius 1 is 1.41 bits per heavy atom. The number of rotatable bonds is 7. The van der Waals surface area contributed by atoms with Gasteiger partial charge in [-0.2, -0.15) is 4.98 Å². The van der Waals surface area contributed by atoms with Crippen LogP contribution in [0.15, 0.2) is 12.1 Å². The van der Waals surface area contributed by atoms with Gasteiger partial charge >= 0.3 is 0 Å². The minimum atomic E-state index is -0.512. The third-order valence-corrected chi connectivity index (χ3v) is 2.27. The second-order valence-electron chi connectivity index (χ2n) is 3.75. The zero-order valence-electron chi connectivity index (χ0n) is 9.89.